The van der Waals surface area contributed by atoms with Crippen molar-refractivity contribution in [3.8, 4) is 0 Å². The SMILES string of the molecule is C/C(=C(\C)C(C)(C)C(C)(C)C)N(C)C. The van der Waals surface area contributed by atoms with Gasteiger partial charge in [-0.25, -0.2) is 0 Å². The van der Waals surface area contributed by atoms with Crippen LogP contribution in [0, 0.1) is 10.8 Å². The Bertz CT molecular complexity index is 226. The third-order valence-electron chi connectivity index (χ3n) is 4.03. The molecule has 0 bridgehead atoms. The summed E-state index contributed by atoms with van der Waals surface area (Å²) in [5.41, 5.74) is 3.40. The van der Waals surface area contributed by atoms with Gasteiger partial charge in [-0.2, -0.15) is 0 Å². The monoisotopic (exact) mass is 197 g/mol. The largest absolute Gasteiger partial charge is 0.381 e. The maximum Gasteiger partial charge on any atom is 0.00906 e. The van der Waals surface area contributed by atoms with Crippen LogP contribution in [0.25, 0.3) is 0 Å². The first kappa shape index (κ1) is 13.5. The smallest absolute Gasteiger partial charge is 0.00906 e. The van der Waals surface area contributed by atoms with Crippen molar-refractivity contribution in [2.45, 2.75) is 48.5 Å². The van der Waals surface area contributed by atoms with Gasteiger partial charge in [-0.3, -0.25) is 0 Å². The van der Waals surface area contributed by atoms with Crippen LogP contribution >= 0.6 is 0 Å². The van der Waals surface area contributed by atoms with Gasteiger partial charge in [0, 0.05) is 19.8 Å². The molecule has 0 N–H and O–H groups in total. The lowest BCUT2D eigenvalue weighted by molar-refractivity contribution is 0.172. The molecule has 0 aliphatic heterocycles. The highest BCUT2D eigenvalue weighted by molar-refractivity contribution is 5.18. The van der Waals surface area contributed by atoms with Crippen molar-refractivity contribution in [3.63, 3.8) is 0 Å². The number of allylic oxidation sites excluding steroid dienone is 2. The molecular weight excluding hydrogens is 170 g/mol. The minimum atomic E-state index is 0.237. The Morgan fingerprint density at radius 1 is 0.857 bits per heavy atom. The lowest BCUT2D eigenvalue weighted by Gasteiger charge is -2.41. The summed E-state index contributed by atoms with van der Waals surface area (Å²) in [5.74, 6) is 0. The molecule has 0 atom stereocenters. The molecule has 0 amide bonds. The van der Waals surface area contributed by atoms with Crippen LogP contribution in [0.4, 0.5) is 0 Å². The van der Waals surface area contributed by atoms with Gasteiger partial charge < -0.3 is 4.90 Å². The van der Waals surface area contributed by atoms with Gasteiger partial charge in [0.05, 0.1) is 0 Å². The predicted molar refractivity (Wildman–Crippen MR) is 65.3 cm³/mol. The van der Waals surface area contributed by atoms with Crippen LogP contribution in [0.1, 0.15) is 48.5 Å². The van der Waals surface area contributed by atoms with E-state index in [1.807, 2.05) is 0 Å². The summed E-state index contributed by atoms with van der Waals surface area (Å²) in [6.45, 7) is 16.0. The zero-order chi connectivity index (χ0) is 11.7. The van der Waals surface area contributed by atoms with E-state index in [0.29, 0.717) is 5.41 Å². The van der Waals surface area contributed by atoms with Gasteiger partial charge >= 0.3 is 0 Å². The first-order chi connectivity index (χ1) is 6.01. The second-order valence-corrected chi connectivity index (χ2v) is 5.98. The Morgan fingerprint density at radius 2 is 1.21 bits per heavy atom. The minimum Gasteiger partial charge on any atom is -0.381 e. The van der Waals surface area contributed by atoms with Gasteiger partial charge in [0.25, 0.3) is 0 Å². The van der Waals surface area contributed by atoms with Gasteiger partial charge in [-0.1, -0.05) is 34.6 Å². The molecule has 0 spiro atoms. The van der Waals surface area contributed by atoms with Crippen molar-refractivity contribution >= 4 is 0 Å². The second kappa shape index (κ2) is 3.96. The number of rotatable bonds is 2. The van der Waals surface area contributed by atoms with Crippen molar-refractivity contribution in [1.82, 2.24) is 4.90 Å². The van der Waals surface area contributed by atoms with Crippen molar-refractivity contribution in [1.29, 1.82) is 0 Å². The first-order valence-corrected chi connectivity index (χ1v) is 5.37. The predicted octanol–water partition coefficient (Wildman–Crippen LogP) is 3.91. The molecule has 0 fully saturated rings. The first-order valence-electron chi connectivity index (χ1n) is 5.37. The van der Waals surface area contributed by atoms with Crippen LogP contribution in [0.2, 0.25) is 0 Å². The lowest BCUT2D eigenvalue weighted by atomic mass is 9.65. The summed E-state index contributed by atoms with van der Waals surface area (Å²) in [6, 6.07) is 0. The number of hydrogen-bond donors (Lipinski definition) is 0. The van der Waals surface area contributed by atoms with Gasteiger partial charge in [0.15, 0.2) is 0 Å². The zero-order valence-corrected chi connectivity index (χ0v) is 11.4. The molecule has 84 valence electrons. The van der Waals surface area contributed by atoms with E-state index in [0.717, 1.165) is 0 Å². The fraction of sp³-hybridized carbons (Fsp3) is 0.846. The maximum atomic E-state index is 2.33. The van der Waals surface area contributed by atoms with E-state index in [2.05, 4.69) is 67.5 Å². The quantitative estimate of drug-likeness (QED) is 0.648. The summed E-state index contributed by atoms with van der Waals surface area (Å²) in [7, 11) is 4.22. The molecule has 0 radical (unpaired) electrons. The average molecular weight is 197 g/mol. The van der Waals surface area contributed by atoms with Crippen molar-refractivity contribution < 1.29 is 0 Å². The van der Waals surface area contributed by atoms with E-state index in [4.69, 9.17) is 0 Å². The topological polar surface area (TPSA) is 3.24 Å². The molecule has 0 saturated heterocycles. The highest BCUT2D eigenvalue weighted by Gasteiger charge is 2.35. The van der Waals surface area contributed by atoms with E-state index >= 15 is 0 Å². The summed E-state index contributed by atoms with van der Waals surface area (Å²) in [5, 5.41) is 0. The van der Waals surface area contributed by atoms with Crippen molar-refractivity contribution in [2.75, 3.05) is 14.1 Å². The van der Waals surface area contributed by atoms with Crippen LogP contribution in [-0.4, -0.2) is 19.0 Å². The third-order valence-corrected chi connectivity index (χ3v) is 4.03. The fourth-order valence-electron chi connectivity index (χ4n) is 1.35. The number of hydrogen-bond acceptors (Lipinski definition) is 1. The van der Waals surface area contributed by atoms with E-state index in [1.165, 1.54) is 11.3 Å². The van der Waals surface area contributed by atoms with E-state index in [9.17, 15) is 0 Å². The molecule has 0 aliphatic rings. The van der Waals surface area contributed by atoms with E-state index in [-0.39, 0.29) is 5.41 Å². The Morgan fingerprint density at radius 3 is 1.43 bits per heavy atom. The van der Waals surface area contributed by atoms with Crippen molar-refractivity contribution in [2.24, 2.45) is 10.8 Å². The molecule has 0 saturated carbocycles. The van der Waals surface area contributed by atoms with Gasteiger partial charge in [0.1, 0.15) is 0 Å². The molecular formula is C13H27N. The lowest BCUT2D eigenvalue weighted by Crippen LogP contribution is -2.32. The molecule has 0 rings (SSSR count). The molecule has 14 heavy (non-hydrogen) atoms. The van der Waals surface area contributed by atoms with Crippen LogP contribution in [0.5, 0.6) is 0 Å². The Hall–Kier alpha value is -0.460. The Labute approximate surface area is 90.2 Å². The molecule has 0 aromatic rings. The summed E-state index contributed by atoms with van der Waals surface area (Å²) >= 11 is 0. The van der Waals surface area contributed by atoms with Gasteiger partial charge in [-0.05, 0) is 30.3 Å². The molecule has 0 heterocycles. The number of nitrogens with zero attached hydrogens (tertiary/aromatic N) is 1. The van der Waals surface area contributed by atoms with E-state index < -0.39 is 0 Å². The third kappa shape index (κ3) is 2.52. The van der Waals surface area contributed by atoms with E-state index in [1.54, 1.807) is 0 Å². The molecule has 1 heteroatoms. The molecule has 0 aliphatic carbocycles. The second-order valence-electron chi connectivity index (χ2n) is 5.98. The molecule has 1 nitrogen and oxygen atoms in total. The van der Waals surface area contributed by atoms with Crippen molar-refractivity contribution in [3.05, 3.63) is 11.3 Å². The Kier molecular flexibility index (Phi) is 3.83. The molecule has 0 aromatic carbocycles. The highest BCUT2D eigenvalue weighted by atomic mass is 15.1. The molecule has 0 aromatic heterocycles. The van der Waals surface area contributed by atoms with Crippen LogP contribution in [0.3, 0.4) is 0 Å². The summed E-state index contributed by atoms with van der Waals surface area (Å²) in [4.78, 5) is 2.20. The maximum absolute atomic E-state index is 2.33. The highest BCUT2D eigenvalue weighted by Crippen LogP contribution is 2.44. The zero-order valence-electron chi connectivity index (χ0n) is 11.4. The fourth-order valence-corrected chi connectivity index (χ4v) is 1.35. The molecule has 0 unspecified atom stereocenters. The summed E-state index contributed by atoms with van der Waals surface area (Å²) in [6.07, 6.45) is 0. The Balaban J connectivity index is 5.22. The van der Waals surface area contributed by atoms with Crippen LogP contribution in [-0.2, 0) is 0 Å². The van der Waals surface area contributed by atoms with Gasteiger partial charge in [0.2, 0.25) is 0 Å². The normalized spacial score (nSPS) is 15.2. The standard InChI is InChI=1S/C13H27N/c1-10(11(2)14(8)9)13(6,7)12(3,4)5/h1-9H3/b11-10-. The van der Waals surface area contributed by atoms with Crippen LogP contribution in [0.15, 0.2) is 11.3 Å². The average Bonchev–Trinajstić information content (AvgIpc) is 1.99. The van der Waals surface area contributed by atoms with Crippen LogP contribution < -0.4 is 0 Å². The minimum absolute atomic E-state index is 0.237. The van der Waals surface area contributed by atoms with Gasteiger partial charge in [-0.15, -0.1) is 0 Å². The summed E-state index contributed by atoms with van der Waals surface area (Å²) < 4.78 is 0.